The number of rotatable bonds is 4. The van der Waals surface area contributed by atoms with Gasteiger partial charge in [-0.3, -0.25) is 4.79 Å². The first-order chi connectivity index (χ1) is 10.7. The SMILES string of the molecule is CCC(=O)C1=C(C)c2ccccc2C1c1ccc(OC)cc1. The monoisotopic (exact) mass is 292 g/mol. The van der Waals surface area contributed by atoms with Crippen LogP contribution in [0.25, 0.3) is 5.57 Å². The largest absolute Gasteiger partial charge is 0.497 e. The second-order valence-electron chi connectivity index (χ2n) is 5.61. The summed E-state index contributed by atoms with van der Waals surface area (Å²) >= 11 is 0. The zero-order valence-corrected chi connectivity index (χ0v) is 13.2. The predicted molar refractivity (Wildman–Crippen MR) is 89.2 cm³/mol. The van der Waals surface area contributed by atoms with Crippen molar-refractivity contribution >= 4 is 11.4 Å². The summed E-state index contributed by atoms with van der Waals surface area (Å²) in [6.07, 6.45) is 0.535. The van der Waals surface area contributed by atoms with Crippen molar-refractivity contribution in [2.75, 3.05) is 7.11 Å². The number of carbonyl (C=O) groups excluding carboxylic acids is 1. The molecule has 2 nitrogen and oxygen atoms in total. The molecule has 0 fully saturated rings. The van der Waals surface area contributed by atoms with Gasteiger partial charge in [-0.25, -0.2) is 0 Å². The molecule has 0 amide bonds. The highest BCUT2D eigenvalue weighted by Gasteiger charge is 2.33. The van der Waals surface area contributed by atoms with Crippen LogP contribution in [0.1, 0.15) is 42.9 Å². The lowest BCUT2D eigenvalue weighted by Gasteiger charge is -2.17. The predicted octanol–water partition coefficient (Wildman–Crippen LogP) is 4.59. The van der Waals surface area contributed by atoms with Gasteiger partial charge in [-0.15, -0.1) is 0 Å². The van der Waals surface area contributed by atoms with Gasteiger partial charge in [0.2, 0.25) is 0 Å². The molecule has 112 valence electrons. The summed E-state index contributed by atoms with van der Waals surface area (Å²) in [4.78, 5) is 12.5. The molecule has 0 radical (unpaired) electrons. The Bertz CT molecular complexity index is 739. The number of fused-ring (bicyclic) bond motifs is 1. The van der Waals surface area contributed by atoms with Crippen LogP contribution in [0.4, 0.5) is 0 Å². The van der Waals surface area contributed by atoms with Crippen LogP contribution in [-0.2, 0) is 4.79 Å². The Morgan fingerprint density at radius 3 is 2.41 bits per heavy atom. The van der Waals surface area contributed by atoms with Crippen molar-refractivity contribution in [3.05, 3.63) is 70.8 Å². The lowest BCUT2D eigenvalue weighted by atomic mass is 9.86. The number of carbonyl (C=O) groups is 1. The Morgan fingerprint density at radius 1 is 1.09 bits per heavy atom. The maximum absolute atomic E-state index is 12.5. The number of hydrogen-bond donors (Lipinski definition) is 0. The molecule has 1 atom stereocenters. The van der Waals surface area contributed by atoms with Crippen molar-refractivity contribution in [2.45, 2.75) is 26.2 Å². The van der Waals surface area contributed by atoms with E-state index in [0.29, 0.717) is 6.42 Å². The van der Waals surface area contributed by atoms with E-state index in [-0.39, 0.29) is 11.7 Å². The summed E-state index contributed by atoms with van der Waals surface area (Å²) < 4.78 is 5.24. The van der Waals surface area contributed by atoms with Crippen LogP contribution in [0.15, 0.2) is 54.1 Å². The molecule has 22 heavy (non-hydrogen) atoms. The van der Waals surface area contributed by atoms with E-state index in [2.05, 4.69) is 31.2 Å². The molecule has 2 aromatic rings. The van der Waals surface area contributed by atoms with Gasteiger partial charge in [0.05, 0.1) is 7.11 Å². The molecule has 2 aromatic carbocycles. The van der Waals surface area contributed by atoms with E-state index >= 15 is 0 Å². The number of ketones is 1. The lowest BCUT2D eigenvalue weighted by Crippen LogP contribution is -2.09. The molecule has 1 aliphatic rings. The summed E-state index contributed by atoms with van der Waals surface area (Å²) in [6, 6.07) is 16.3. The van der Waals surface area contributed by atoms with Gasteiger partial charge in [-0.2, -0.15) is 0 Å². The van der Waals surface area contributed by atoms with Crippen LogP contribution >= 0.6 is 0 Å². The van der Waals surface area contributed by atoms with Crippen LogP contribution in [0.3, 0.4) is 0 Å². The molecular formula is C20H20O2. The third-order valence-corrected chi connectivity index (χ3v) is 4.44. The Balaban J connectivity index is 2.15. The number of benzene rings is 2. The molecule has 1 aliphatic carbocycles. The molecular weight excluding hydrogens is 272 g/mol. The summed E-state index contributed by atoms with van der Waals surface area (Å²) in [5.41, 5.74) is 5.61. The Labute approximate surface area is 131 Å². The quantitative estimate of drug-likeness (QED) is 0.823. The summed E-state index contributed by atoms with van der Waals surface area (Å²) in [5, 5.41) is 0. The number of Topliss-reactive ketones (excluding diaryl/α,β-unsaturated/α-hetero) is 1. The van der Waals surface area contributed by atoms with Crippen molar-refractivity contribution in [1.82, 2.24) is 0 Å². The number of allylic oxidation sites excluding steroid dienone is 2. The fraction of sp³-hybridized carbons (Fsp3) is 0.250. The summed E-state index contributed by atoms with van der Waals surface area (Å²) in [6.45, 7) is 3.99. The zero-order valence-electron chi connectivity index (χ0n) is 13.2. The second kappa shape index (κ2) is 5.80. The second-order valence-corrected chi connectivity index (χ2v) is 5.61. The van der Waals surface area contributed by atoms with Gasteiger partial charge in [0.15, 0.2) is 5.78 Å². The fourth-order valence-electron chi connectivity index (χ4n) is 3.31. The molecule has 0 bridgehead atoms. The Kier molecular flexibility index (Phi) is 3.84. The van der Waals surface area contributed by atoms with E-state index in [1.54, 1.807) is 7.11 Å². The van der Waals surface area contributed by atoms with Crippen LogP contribution in [0.2, 0.25) is 0 Å². The van der Waals surface area contributed by atoms with E-state index in [0.717, 1.165) is 22.5 Å². The van der Waals surface area contributed by atoms with Gasteiger partial charge in [0.1, 0.15) is 5.75 Å². The summed E-state index contributed by atoms with van der Waals surface area (Å²) in [7, 11) is 1.66. The zero-order chi connectivity index (χ0) is 15.7. The van der Waals surface area contributed by atoms with Gasteiger partial charge in [-0.1, -0.05) is 43.3 Å². The third kappa shape index (κ3) is 2.25. The van der Waals surface area contributed by atoms with Gasteiger partial charge in [0, 0.05) is 17.9 Å². The van der Waals surface area contributed by atoms with Crippen LogP contribution in [0, 0.1) is 0 Å². The standard InChI is InChI=1S/C20H20O2/c1-4-18(21)19-13(2)16-7-5-6-8-17(16)20(19)14-9-11-15(22-3)12-10-14/h5-12,20H,4H2,1-3H3. The van der Waals surface area contributed by atoms with E-state index in [4.69, 9.17) is 4.74 Å². The number of methoxy groups -OCH3 is 1. The molecule has 0 heterocycles. The first-order valence-corrected chi connectivity index (χ1v) is 7.64. The minimum atomic E-state index is 0.0366. The van der Waals surface area contributed by atoms with Crippen molar-refractivity contribution < 1.29 is 9.53 Å². The molecule has 1 unspecified atom stereocenters. The highest BCUT2D eigenvalue weighted by atomic mass is 16.5. The highest BCUT2D eigenvalue weighted by molar-refractivity contribution is 6.07. The lowest BCUT2D eigenvalue weighted by molar-refractivity contribution is -0.115. The van der Waals surface area contributed by atoms with Gasteiger partial charge < -0.3 is 4.74 Å². The van der Waals surface area contributed by atoms with Crippen molar-refractivity contribution in [3.8, 4) is 5.75 Å². The topological polar surface area (TPSA) is 26.3 Å². The van der Waals surface area contributed by atoms with E-state index in [1.165, 1.54) is 11.1 Å². The van der Waals surface area contributed by atoms with Crippen molar-refractivity contribution in [3.63, 3.8) is 0 Å². The molecule has 0 saturated heterocycles. The molecule has 0 spiro atoms. The first-order valence-electron chi connectivity index (χ1n) is 7.64. The van der Waals surface area contributed by atoms with E-state index in [1.807, 2.05) is 31.2 Å². The third-order valence-electron chi connectivity index (χ3n) is 4.44. The maximum atomic E-state index is 12.5. The Morgan fingerprint density at radius 2 is 1.77 bits per heavy atom. The molecule has 0 aliphatic heterocycles. The van der Waals surface area contributed by atoms with Crippen molar-refractivity contribution in [2.24, 2.45) is 0 Å². The van der Waals surface area contributed by atoms with Crippen molar-refractivity contribution in [1.29, 1.82) is 0 Å². The highest BCUT2D eigenvalue weighted by Crippen LogP contribution is 2.46. The van der Waals surface area contributed by atoms with E-state index in [9.17, 15) is 4.79 Å². The molecule has 2 heteroatoms. The molecule has 0 saturated carbocycles. The average molecular weight is 292 g/mol. The normalized spacial score (nSPS) is 16.6. The van der Waals surface area contributed by atoms with Gasteiger partial charge >= 0.3 is 0 Å². The number of ether oxygens (including phenoxy) is 1. The van der Waals surface area contributed by atoms with E-state index < -0.39 is 0 Å². The first kappa shape index (κ1) is 14.6. The molecule has 3 rings (SSSR count). The minimum Gasteiger partial charge on any atom is -0.497 e. The smallest absolute Gasteiger partial charge is 0.159 e. The molecule has 0 aromatic heterocycles. The molecule has 0 N–H and O–H groups in total. The average Bonchev–Trinajstić information content (AvgIpc) is 2.87. The maximum Gasteiger partial charge on any atom is 0.159 e. The van der Waals surface area contributed by atoms with Crippen LogP contribution in [0.5, 0.6) is 5.75 Å². The fourth-order valence-corrected chi connectivity index (χ4v) is 3.31. The minimum absolute atomic E-state index is 0.0366. The number of hydrogen-bond acceptors (Lipinski definition) is 2. The Hall–Kier alpha value is -2.35. The van der Waals surface area contributed by atoms with Crippen LogP contribution < -0.4 is 4.74 Å². The van der Waals surface area contributed by atoms with Gasteiger partial charge in [-0.05, 0) is 41.3 Å². The van der Waals surface area contributed by atoms with Crippen LogP contribution in [-0.4, -0.2) is 12.9 Å². The van der Waals surface area contributed by atoms with Gasteiger partial charge in [0.25, 0.3) is 0 Å². The summed E-state index contributed by atoms with van der Waals surface area (Å²) in [5.74, 6) is 1.10.